The molecule has 0 radical (unpaired) electrons. The molecule has 0 saturated carbocycles. The predicted octanol–water partition coefficient (Wildman–Crippen LogP) is 2.67. The molecule has 1 fully saturated rings. The third kappa shape index (κ3) is 1.31. The molecule has 0 bridgehead atoms. The van der Waals surface area contributed by atoms with Crippen LogP contribution in [-0.2, 0) is 21.7 Å². The van der Waals surface area contributed by atoms with Gasteiger partial charge in [0.25, 0.3) is 0 Å². The van der Waals surface area contributed by atoms with E-state index in [9.17, 15) is 4.39 Å². The summed E-state index contributed by atoms with van der Waals surface area (Å²) in [4.78, 5) is 0. The van der Waals surface area contributed by atoms with Crippen LogP contribution in [0.1, 0.15) is 29.5 Å². The number of ether oxygens (including phenoxy) is 2. The normalized spacial score (nSPS) is 22.4. The Labute approximate surface area is 94.4 Å². The van der Waals surface area contributed by atoms with Crippen molar-refractivity contribution >= 4 is 0 Å². The van der Waals surface area contributed by atoms with Crippen LogP contribution in [-0.4, -0.2) is 13.2 Å². The van der Waals surface area contributed by atoms with Gasteiger partial charge in [0.1, 0.15) is 5.82 Å². The topological polar surface area (TPSA) is 18.5 Å². The van der Waals surface area contributed by atoms with E-state index >= 15 is 0 Å². The Kier molecular flexibility index (Phi) is 2.26. The van der Waals surface area contributed by atoms with Gasteiger partial charge in [0, 0.05) is 12.0 Å². The Balaban J connectivity index is 2.13. The minimum Gasteiger partial charge on any atom is -0.346 e. The van der Waals surface area contributed by atoms with Crippen LogP contribution >= 0.6 is 0 Å². The fourth-order valence-electron chi connectivity index (χ4n) is 2.79. The lowest BCUT2D eigenvalue weighted by atomic mass is 10.00. The molecular weight excluding hydrogens is 207 g/mol. The van der Waals surface area contributed by atoms with Crippen LogP contribution in [0.25, 0.3) is 0 Å². The molecule has 3 rings (SSSR count). The zero-order valence-electron chi connectivity index (χ0n) is 9.38. The summed E-state index contributed by atoms with van der Waals surface area (Å²) in [7, 11) is 0. The minimum atomic E-state index is -0.653. The third-order valence-corrected chi connectivity index (χ3v) is 3.51. The average molecular weight is 222 g/mol. The zero-order valence-corrected chi connectivity index (χ0v) is 9.38. The number of hydrogen-bond acceptors (Lipinski definition) is 2. The summed E-state index contributed by atoms with van der Waals surface area (Å²) in [5.74, 6) is -0.782. The molecule has 1 aliphatic carbocycles. The minimum absolute atomic E-state index is 0.129. The summed E-state index contributed by atoms with van der Waals surface area (Å²) in [6.45, 7) is 3.40. The van der Waals surface area contributed by atoms with Crippen LogP contribution in [0.3, 0.4) is 0 Å². The Morgan fingerprint density at radius 3 is 2.75 bits per heavy atom. The number of fused-ring (bicyclic) bond motifs is 2. The fourth-order valence-corrected chi connectivity index (χ4v) is 2.79. The monoisotopic (exact) mass is 222 g/mol. The van der Waals surface area contributed by atoms with E-state index in [-0.39, 0.29) is 5.82 Å². The highest BCUT2D eigenvalue weighted by atomic mass is 19.1. The lowest BCUT2D eigenvalue weighted by molar-refractivity contribution is -0.274. The van der Waals surface area contributed by atoms with Gasteiger partial charge in [-0.1, -0.05) is 6.07 Å². The van der Waals surface area contributed by atoms with Crippen molar-refractivity contribution in [3.63, 3.8) is 0 Å². The molecule has 0 aromatic heterocycles. The summed E-state index contributed by atoms with van der Waals surface area (Å²) in [5.41, 5.74) is 2.78. The first-order chi connectivity index (χ1) is 7.73. The van der Waals surface area contributed by atoms with Crippen LogP contribution in [0.5, 0.6) is 0 Å². The molecule has 2 aliphatic rings. The Morgan fingerprint density at radius 2 is 2.00 bits per heavy atom. The van der Waals surface area contributed by atoms with Crippen LogP contribution in [0.2, 0.25) is 0 Å². The van der Waals surface area contributed by atoms with Gasteiger partial charge in [-0.05, 0) is 37.0 Å². The lowest BCUT2D eigenvalue weighted by Crippen LogP contribution is -2.36. The number of benzene rings is 1. The molecule has 1 saturated heterocycles. The second kappa shape index (κ2) is 3.54. The van der Waals surface area contributed by atoms with Crippen molar-refractivity contribution in [1.29, 1.82) is 0 Å². The second-order valence-corrected chi connectivity index (χ2v) is 4.52. The van der Waals surface area contributed by atoms with E-state index in [1.165, 1.54) is 6.07 Å². The van der Waals surface area contributed by atoms with Gasteiger partial charge in [-0.3, -0.25) is 0 Å². The van der Waals surface area contributed by atoms with Crippen molar-refractivity contribution in [2.45, 2.75) is 32.0 Å². The largest absolute Gasteiger partial charge is 0.346 e. The molecule has 1 spiro atoms. The molecule has 1 aliphatic heterocycles. The van der Waals surface area contributed by atoms with E-state index in [1.807, 2.05) is 13.0 Å². The van der Waals surface area contributed by atoms with Crippen molar-refractivity contribution < 1.29 is 13.9 Å². The third-order valence-electron chi connectivity index (χ3n) is 3.51. The van der Waals surface area contributed by atoms with Crippen LogP contribution in [0, 0.1) is 12.7 Å². The molecule has 1 heterocycles. The van der Waals surface area contributed by atoms with Gasteiger partial charge in [-0.2, -0.15) is 0 Å². The maximum absolute atomic E-state index is 13.7. The maximum Gasteiger partial charge on any atom is 0.195 e. The van der Waals surface area contributed by atoms with Crippen molar-refractivity contribution in [1.82, 2.24) is 0 Å². The van der Waals surface area contributed by atoms with Crippen LogP contribution < -0.4 is 0 Å². The van der Waals surface area contributed by atoms with E-state index in [2.05, 4.69) is 0 Å². The van der Waals surface area contributed by atoms with Crippen molar-refractivity contribution in [3.8, 4) is 0 Å². The van der Waals surface area contributed by atoms with E-state index in [4.69, 9.17) is 9.47 Å². The molecule has 0 atom stereocenters. The number of aryl methyl sites for hydroxylation is 1. The van der Waals surface area contributed by atoms with Gasteiger partial charge in [-0.25, -0.2) is 4.39 Å². The number of hydrogen-bond donors (Lipinski definition) is 0. The molecule has 86 valence electrons. The second-order valence-electron chi connectivity index (χ2n) is 4.52. The molecule has 16 heavy (non-hydrogen) atoms. The van der Waals surface area contributed by atoms with Crippen LogP contribution in [0.4, 0.5) is 4.39 Å². The molecule has 1 aromatic rings. The highest BCUT2D eigenvalue weighted by Crippen LogP contribution is 2.45. The molecule has 0 unspecified atom stereocenters. The highest BCUT2D eigenvalue weighted by Gasteiger charge is 2.44. The van der Waals surface area contributed by atoms with Crippen molar-refractivity contribution in [3.05, 3.63) is 34.6 Å². The van der Waals surface area contributed by atoms with Gasteiger partial charge in [0.05, 0.1) is 13.2 Å². The van der Waals surface area contributed by atoms with E-state index in [0.29, 0.717) is 19.6 Å². The first kappa shape index (κ1) is 10.2. The Bertz CT molecular complexity index is 422. The van der Waals surface area contributed by atoms with E-state index < -0.39 is 5.79 Å². The average Bonchev–Trinajstić information content (AvgIpc) is 2.66. The van der Waals surface area contributed by atoms with Crippen molar-refractivity contribution in [2.75, 3.05) is 13.2 Å². The SMILES string of the molecule is Cc1ccc(F)c2c1C1(CC2)OCCCO1. The van der Waals surface area contributed by atoms with Gasteiger partial charge in [0.2, 0.25) is 0 Å². The molecule has 1 aromatic carbocycles. The summed E-state index contributed by atoms with van der Waals surface area (Å²) < 4.78 is 25.3. The fraction of sp³-hybridized carbons (Fsp3) is 0.538. The standard InChI is InChI=1S/C13H15FO2/c1-9-3-4-11(14)10-5-6-13(12(9)10)15-7-2-8-16-13/h3-4H,2,5-8H2,1H3. The Morgan fingerprint density at radius 1 is 1.25 bits per heavy atom. The summed E-state index contributed by atoms with van der Waals surface area (Å²) in [6, 6.07) is 3.35. The quantitative estimate of drug-likeness (QED) is 0.672. The first-order valence-electron chi connectivity index (χ1n) is 5.79. The Hall–Kier alpha value is -0.930. The van der Waals surface area contributed by atoms with Crippen LogP contribution in [0.15, 0.2) is 12.1 Å². The number of rotatable bonds is 0. The van der Waals surface area contributed by atoms with Gasteiger partial charge >= 0.3 is 0 Å². The lowest BCUT2D eigenvalue weighted by Gasteiger charge is -2.35. The first-order valence-corrected chi connectivity index (χ1v) is 5.79. The zero-order chi connectivity index (χ0) is 11.2. The molecule has 0 amide bonds. The van der Waals surface area contributed by atoms with E-state index in [1.54, 1.807) is 0 Å². The molecule has 2 nitrogen and oxygen atoms in total. The maximum atomic E-state index is 13.7. The predicted molar refractivity (Wildman–Crippen MR) is 57.7 cm³/mol. The van der Waals surface area contributed by atoms with E-state index in [0.717, 1.165) is 29.5 Å². The summed E-state index contributed by atoms with van der Waals surface area (Å²) >= 11 is 0. The van der Waals surface area contributed by atoms with Crippen molar-refractivity contribution in [2.24, 2.45) is 0 Å². The highest BCUT2D eigenvalue weighted by molar-refractivity contribution is 5.42. The smallest absolute Gasteiger partial charge is 0.195 e. The summed E-state index contributed by atoms with van der Waals surface area (Å²) in [6.07, 6.45) is 2.37. The number of halogens is 1. The molecular formula is C13H15FO2. The van der Waals surface area contributed by atoms with Gasteiger partial charge in [-0.15, -0.1) is 0 Å². The molecule has 3 heteroatoms. The van der Waals surface area contributed by atoms with Gasteiger partial charge < -0.3 is 9.47 Å². The van der Waals surface area contributed by atoms with Gasteiger partial charge in [0.15, 0.2) is 5.79 Å². The summed E-state index contributed by atoms with van der Waals surface area (Å²) in [5, 5.41) is 0. The molecule has 0 N–H and O–H groups in total.